The van der Waals surface area contributed by atoms with Gasteiger partial charge >= 0.3 is 0 Å². The Labute approximate surface area is 148 Å². The molecular weight excluding hydrogens is 316 g/mol. The van der Waals surface area contributed by atoms with E-state index in [-0.39, 0.29) is 17.2 Å². The third kappa shape index (κ3) is 5.15. The molecule has 1 unspecified atom stereocenters. The predicted molar refractivity (Wildman–Crippen MR) is 102 cm³/mol. The highest BCUT2D eigenvalue weighted by atomic mass is 28.4. The summed E-state index contributed by atoms with van der Waals surface area (Å²) in [4.78, 5) is 10.5. The Kier molecular flexibility index (Phi) is 5.96. The molecule has 4 heteroatoms. The van der Waals surface area contributed by atoms with Crippen LogP contribution in [0, 0.1) is 0 Å². The lowest BCUT2D eigenvalue weighted by molar-refractivity contribution is -0.146. The second-order valence-electron chi connectivity index (χ2n) is 8.74. The highest BCUT2D eigenvalue weighted by Gasteiger charge is 2.42. The summed E-state index contributed by atoms with van der Waals surface area (Å²) < 4.78 is 12.3. The van der Waals surface area contributed by atoms with E-state index < -0.39 is 14.1 Å². The van der Waals surface area contributed by atoms with E-state index in [0.29, 0.717) is 0 Å². The molecule has 1 aromatic rings. The predicted octanol–water partition coefficient (Wildman–Crippen LogP) is 4.90. The normalized spacial score (nSPS) is 24.3. The van der Waals surface area contributed by atoms with Crippen molar-refractivity contribution in [1.82, 2.24) is 0 Å². The zero-order chi connectivity index (χ0) is 18.0. The van der Waals surface area contributed by atoms with Crippen molar-refractivity contribution in [1.29, 1.82) is 0 Å². The molecule has 0 saturated carbocycles. The van der Waals surface area contributed by atoms with Gasteiger partial charge in [-0.3, -0.25) is 0 Å². The smallest absolute Gasteiger partial charge is 0.188 e. The van der Waals surface area contributed by atoms with Gasteiger partial charge in [0, 0.05) is 6.42 Å². The van der Waals surface area contributed by atoms with Crippen LogP contribution in [0.1, 0.15) is 52.5 Å². The molecular formula is C20H34O3Si. The fraction of sp³-hybridized carbons (Fsp3) is 0.700. The molecule has 1 saturated heterocycles. The molecule has 1 N–H and O–H groups in total. The summed E-state index contributed by atoms with van der Waals surface area (Å²) in [5.41, 5.74) is 1.29. The Hall–Kier alpha value is -0.683. The molecule has 3 nitrogen and oxygen atoms in total. The van der Waals surface area contributed by atoms with Crippen molar-refractivity contribution in [2.24, 2.45) is 0 Å². The fourth-order valence-electron chi connectivity index (χ4n) is 3.22. The fourth-order valence-corrected chi connectivity index (χ4v) is 4.01. The number of benzene rings is 1. The van der Waals surface area contributed by atoms with Crippen molar-refractivity contribution < 1.29 is 14.3 Å². The van der Waals surface area contributed by atoms with Crippen molar-refractivity contribution in [3.8, 4) is 0 Å². The van der Waals surface area contributed by atoms with E-state index in [9.17, 15) is 4.80 Å². The minimum atomic E-state index is -2.14. The van der Waals surface area contributed by atoms with Crippen LogP contribution in [0.15, 0.2) is 30.3 Å². The Morgan fingerprint density at radius 1 is 1.08 bits per heavy atom. The van der Waals surface area contributed by atoms with E-state index >= 15 is 0 Å². The first-order valence-electron chi connectivity index (χ1n) is 9.12. The monoisotopic (exact) mass is 350 g/mol. The molecule has 0 aromatic heterocycles. The average molecular weight is 351 g/mol. The minimum absolute atomic E-state index is 0.0247. The van der Waals surface area contributed by atoms with E-state index in [1.54, 1.807) is 0 Å². The van der Waals surface area contributed by atoms with Gasteiger partial charge in [-0.25, -0.2) is 0 Å². The van der Waals surface area contributed by atoms with Gasteiger partial charge in [-0.05, 0) is 50.4 Å². The lowest BCUT2D eigenvalue weighted by Crippen LogP contribution is -2.39. The number of hydrogen-bond acceptors (Lipinski definition) is 3. The number of rotatable bonds is 7. The van der Waals surface area contributed by atoms with Crippen LogP contribution in [0.3, 0.4) is 0 Å². The van der Waals surface area contributed by atoms with Gasteiger partial charge in [0.15, 0.2) is 14.1 Å². The van der Waals surface area contributed by atoms with Gasteiger partial charge in [0.1, 0.15) is 0 Å². The molecule has 1 fully saturated rings. The van der Waals surface area contributed by atoms with E-state index in [0.717, 1.165) is 25.7 Å². The van der Waals surface area contributed by atoms with Gasteiger partial charge in [0.05, 0.1) is 12.2 Å². The van der Waals surface area contributed by atoms with Crippen molar-refractivity contribution in [2.75, 3.05) is 0 Å². The molecule has 136 valence electrons. The van der Waals surface area contributed by atoms with Crippen LogP contribution in [0.4, 0.5) is 0 Å². The van der Waals surface area contributed by atoms with E-state index in [2.05, 4.69) is 38.1 Å². The quantitative estimate of drug-likeness (QED) is 0.711. The highest BCUT2D eigenvalue weighted by Crippen LogP contribution is 2.41. The van der Waals surface area contributed by atoms with Gasteiger partial charge in [-0.15, -0.1) is 0 Å². The van der Waals surface area contributed by atoms with Crippen LogP contribution in [0.5, 0.6) is 0 Å². The van der Waals surface area contributed by atoms with Gasteiger partial charge in [0.25, 0.3) is 0 Å². The SMILES string of the molecule is CC1(C)OC(Cc2ccccc2)[C@@H](CCCC(C)(C)[Si](C)(C)O)O1. The molecule has 1 heterocycles. The lowest BCUT2D eigenvalue weighted by atomic mass is 9.97. The van der Waals surface area contributed by atoms with E-state index in [1.165, 1.54) is 5.56 Å². The zero-order valence-electron chi connectivity index (χ0n) is 16.1. The molecule has 0 amide bonds. The highest BCUT2D eigenvalue weighted by molar-refractivity contribution is 6.72. The van der Waals surface area contributed by atoms with Crippen LogP contribution in [-0.4, -0.2) is 31.1 Å². The zero-order valence-corrected chi connectivity index (χ0v) is 17.1. The third-order valence-corrected chi connectivity index (χ3v) is 9.07. The topological polar surface area (TPSA) is 38.7 Å². The lowest BCUT2D eigenvalue weighted by Gasteiger charge is -2.35. The van der Waals surface area contributed by atoms with Crippen molar-refractivity contribution in [3.63, 3.8) is 0 Å². The molecule has 2 atom stereocenters. The minimum Gasteiger partial charge on any atom is -0.432 e. The summed E-state index contributed by atoms with van der Waals surface area (Å²) in [6.07, 6.45) is 4.18. The van der Waals surface area contributed by atoms with Gasteiger partial charge in [-0.1, -0.05) is 50.6 Å². The molecule has 0 bridgehead atoms. The largest absolute Gasteiger partial charge is 0.432 e. The van der Waals surface area contributed by atoms with Crippen LogP contribution >= 0.6 is 0 Å². The summed E-state index contributed by atoms with van der Waals surface area (Å²) in [7, 11) is -2.14. The van der Waals surface area contributed by atoms with Gasteiger partial charge in [-0.2, -0.15) is 0 Å². The maximum atomic E-state index is 10.5. The molecule has 2 rings (SSSR count). The number of ether oxygens (including phenoxy) is 2. The molecule has 0 spiro atoms. The summed E-state index contributed by atoms with van der Waals surface area (Å²) in [6, 6.07) is 10.5. The van der Waals surface area contributed by atoms with Gasteiger partial charge in [0.2, 0.25) is 0 Å². The summed E-state index contributed by atoms with van der Waals surface area (Å²) in [5.74, 6) is -0.509. The molecule has 1 aliphatic rings. The maximum absolute atomic E-state index is 10.5. The van der Waals surface area contributed by atoms with Crippen LogP contribution in [0.25, 0.3) is 0 Å². The molecule has 0 radical (unpaired) electrons. The van der Waals surface area contributed by atoms with Crippen LogP contribution in [0.2, 0.25) is 18.1 Å². The Balaban J connectivity index is 1.94. The summed E-state index contributed by atoms with van der Waals surface area (Å²) in [5, 5.41) is 0.0247. The van der Waals surface area contributed by atoms with E-state index in [4.69, 9.17) is 9.47 Å². The molecule has 1 aliphatic heterocycles. The van der Waals surface area contributed by atoms with Gasteiger partial charge < -0.3 is 14.3 Å². The summed E-state index contributed by atoms with van der Waals surface area (Å²) >= 11 is 0. The second kappa shape index (κ2) is 7.28. The molecule has 0 aliphatic carbocycles. The first kappa shape index (κ1) is 19.6. The van der Waals surface area contributed by atoms with Crippen molar-refractivity contribution in [3.05, 3.63) is 35.9 Å². The first-order valence-corrected chi connectivity index (χ1v) is 12.1. The standard InChI is InChI=1S/C20H34O3Si/c1-19(2,24(5,6)21)14-10-13-17-18(23-20(3,4)22-17)15-16-11-8-7-9-12-16/h7-9,11-12,17-18,21H,10,13-15H2,1-6H3/t17-,18?/m1/s1. The molecule has 1 aromatic carbocycles. The Morgan fingerprint density at radius 3 is 2.25 bits per heavy atom. The third-order valence-electron chi connectivity index (χ3n) is 5.51. The van der Waals surface area contributed by atoms with Crippen LogP contribution < -0.4 is 0 Å². The second-order valence-corrected chi connectivity index (χ2v) is 13.2. The number of hydrogen-bond donors (Lipinski definition) is 1. The first-order chi connectivity index (χ1) is 11.0. The summed E-state index contributed by atoms with van der Waals surface area (Å²) in [6.45, 7) is 12.4. The van der Waals surface area contributed by atoms with Crippen molar-refractivity contribution >= 4 is 8.32 Å². The Morgan fingerprint density at radius 2 is 1.67 bits per heavy atom. The average Bonchev–Trinajstić information content (AvgIpc) is 2.72. The molecule has 24 heavy (non-hydrogen) atoms. The van der Waals surface area contributed by atoms with Crippen molar-refractivity contribution in [2.45, 2.75) is 89.5 Å². The Bertz CT molecular complexity index is 519. The van der Waals surface area contributed by atoms with Crippen LogP contribution in [-0.2, 0) is 15.9 Å². The van der Waals surface area contributed by atoms with E-state index in [1.807, 2.05) is 33.0 Å². The maximum Gasteiger partial charge on any atom is 0.188 e.